The van der Waals surface area contributed by atoms with Crippen LogP contribution in [-0.4, -0.2) is 24.5 Å². The molecule has 1 saturated heterocycles. The maximum Gasteiger partial charge on any atom is 0.319 e. The highest BCUT2D eigenvalue weighted by molar-refractivity contribution is 5.99. The monoisotopic (exact) mass is 345 g/mol. The molecule has 3 rings (SSSR count). The third-order valence-corrected chi connectivity index (χ3v) is 4.20. The van der Waals surface area contributed by atoms with Crippen molar-refractivity contribution in [2.75, 3.05) is 16.8 Å². The lowest BCUT2D eigenvalue weighted by Crippen LogP contribution is -2.42. The number of nitrogens with zero attached hydrogens (tertiary/aromatic N) is 1. The molecule has 2 unspecified atom stereocenters. The quantitative estimate of drug-likeness (QED) is 0.898. The number of carbonyl (C=O) groups is 2. The van der Waals surface area contributed by atoms with Gasteiger partial charge in [0.25, 0.3) is 0 Å². The Balaban J connectivity index is 1.67. The first-order valence-electron chi connectivity index (χ1n) is 7.84. The van der Waals surface area contributed by atoms with E-state index < -0.39 is 29.6 Å². The van der Waals surface area contributed by atoms with Crippen molar-refractivity contribution in [1.82, 2.24) is 5.32 Å². The number of nitrogens with one attached hydrogen (secondary N) is 2. The fourth-order valence-corrected chi connectivity index (χ4v) is 2.79. The number of rotatable bonds is 3. The van der Waals surface area contributed by atoms with Crippen LogP contribution in [0.15, 0.2) is 48.5 Å². The molecule has 0 aromatic heterocycles. The second kappa shape index (κ2) is 6.88. The summed E-state index contributed by atoms with van der Waals surface area (Å²) in [5.74, 6) is -1.92. The molecule has 0 aliphatic carbocycles. The van der Waals surface area contributed by atoms with Crippen LogP contribution in [0.1, 0.15) is 6.92 Å². The molecular weight excluding hydrogens is 328 g/mol. The van der Waals surface area contributed by atoms with Gasteiger partial charge in [0.15, 0.2) is 0 Å². The van der Waals surface area contributed by atoms with Gasteiger partial charge in [-0.2, -0.15) is 0 Å². The molecule has 1 aliphatic rings. The number of amides is 3. The summed E-state index contributed by atoms with van der Waals surface area (Å²) in [6.07, 6.45) is 0. The molecule has 1 aliphatic heterocycles. The van der Waals surface area contributed by atoms with Crippen LogP contribution in [0.2, 0.25) is 0 Å². The third-order valence-electron chi connectivity index (χ3n) is 4.20. The first-order chi connectivity index (χ1) is 12.0. The number of urea groups is 1. The van der Waals surface area contributed by atoms with Crippen LogP contribution < -0.4 is 15.5 Å². The van der Waals surface area contributed by atoms with Gasteiger partial charge < -0.3 is 15.5 Å². The van der Waals surface area contributed by atoms with Gasteiger partial charge in [-0.15, -0.1) is 0 Å². The standard InChI is InChI=1S/C18H17F2N3O2/c1-11-16(10-23(17(11)24)13-5-3-2-4-6-13)22-18(25)21-15-9-12(19)7-8-14(15)20/h2-9,11,16H,10H2,1H3,(H2,21,22,25). The minimum Gasteiger partial charge on any atom is -0.333 e. The number of para-hydroxylation sites is 1. The Bertz CT molecular complexity index is 798. The van der Waals surface area contributed by atoms with Crippen LogP contribution in [0.3, 0.4) is 0 Å². The van der Waals surface area contributed by atoms with E-state index in [1.807, 2.05) is 30.3 Å². The van der Waals surface area contributed by atoms with Gasteiger partial charge in [0.2, 0.25) is 5.91 Å². The van der Waals surface area contributed by atoms with Crippen molar-refractivity contribution >= 4 is 23.3 Å². The molecular formula is C18H17F2N3O2. The molecule has 0 bridgehead atoms. The molecule has 3 amide bonds. The summed E-state index contributed by atoms with van der Waals surface area (Å²) in [4.78, 5) is 26.1. The number of carbonyl (C=O) groups excluding carboxylic acids is 2. The summed E-state index contributed by atoms with van der Waals surface area (Å²) >= 11 is 0. The number of anilines is 2. The van der Waals surface area contributed by atoms with E-state index in [4.69, 9.17) is 0 Å². The normalized spacial score (nSPS) is 19.8. The van der Waals surface area contributed by atoms with Crippen molar-refractivity contribution in [3.8, 4) is 0 Å². The zero-order chi connectivity index (χ0) is 18.0. The van der Waals surface area contributed by atoms with Crippen molar-refractivity contribution in [3.63, 3.8) is 0 Å². The highest BCUT2D eigenvalue weighted by atomic mass is 19.1. The van der Waals surface area contributed by atoms with Gasteiger partial charge in [0.1, 0.15) is 11.6 Å². The molecule has 0 radical (unpaired) electrons. The maximum absolute atomic E-state index is 13.6. The van der Waals surface area contributed by atoms with Crippen molar-refractivity contribution < 1.29 is 18.4 Å². The van der Waals surface area contributed by atoms with Crippen LogP contribution >= 0.6 is 0 Å². The summed E-state index contributed by atoms with van der Waals surface area (Å²) in [5.41, 5.74) is 0.495. The molecule has 2 aromatic rings. The predicted molar refractivity (Wildman–Crippen MR) is 90.3 cm³/mol. The Morgan fingerprint density at radius 2 is 1.88 bits per heavy atom. The van der Waals surface area contributed by atoms with Crippen LogP contribution in [0, 0.1) is 17.6 Å². The number of halogens is 2. The van der Waals surface area contributed by atoms with E-state index in [0.717, 1.165) is 23.9 Å². The first-order valence-corrected chi connectivity index (χ1v) is 7.84. The summed E-state index contributed by atoms with van der Waals surface area (Å²) in [7, 11) is 0. The van der Waals surface area contributed by atoms with Crippen LogP contribution in [-0.2, 0) is 4.79 Å². The molecule has 130 valence electrons. The van der Waals surface area contributed by atoms with Crippen molar-refractivity contribution in [2.45, 2.75) is 13.0 Å². The molecule has 5 nitrogen and oxygen atoms in total. The molecule has 0 saturated carbocycles. The smallest absolute Gasteiger partial charge is 0.319 e. The van der Waals surface area contributed by atoms with Crippen molar-refractivity contribution in [2.24, 2.45) is 5.92 Å². The van der Waals surface area contributed by atoms with E-state index in [0.29, 0.717) is 6.54 Å². The van der Waals surface area contributed by atoms with E-state index in [2.05, 4.69) is 10.6 Å². The van der Waals surface area contributed by atoms with Gasteiger partial charge in [-0.3, -0.25) is 4.79 Å². The van der Waals surface area contributed by atoms with E-state index >= 15 is 0 Å². The fourth-order valence-electron chi connectivity index (χ4n) is 2.79. The van der Waals surface area contributed by atoms with Gasteiger partial charge in [-0.05, 0) is 24.3 Å². The zero-order valence-electron chi connectivity index (χ0n) is 13.5. The highest BCUT2D eigenvalue weighted by Gasteiger charge is 2.38. The lowest BCUT2D eigenvalue weighted by molar-refractivity contribution is -0.120. The Kier molecular flexibility index (Phi) is 4.65. The van der Waals surface area contributed by atoms with E-state index in [-0.39, 0.29) is 11.6 Å². The molecule has 2 N–H and O–H groups in total. The van der Waals surface area contributed by atoms with Crippen molar-refractivity contribution in [1.29, 1.82) is 0 Å². The summed E-state index contributed by atoms with van der Waals surface area (Å²) in [6.45, 7) is 2.03. The Morgan fingerprint density at radius 3 is 2.60 bits per heavy atom. The fraction of sp³-hybridized carbons (Fsp3) is 0.222. The van der Waals surface area contributed by atoms with Gasteiger partial charge in [-0.1, -0.05) is 25.1 Å². The maximum atomic E-state index is 13.6. The average Bonchev–Trinajstić information content (AvgIpc) is 2.87. The Hall–Kier alpha value is -2.96. The number of benzene rings is 2. The topological polar surface area (TPSA) is 61.4 Å². The van der Waals surface area contributed by atoms with Gasteiger partial charge in [0, 0.05) is 18.3 Å². The largest absolute Gasteiger partial charge is 0.333 e. The number of hydrogen-bond acceptors (Lipinski definition) is 2. The summed E-state index contributed by atoms with van der Waals surface area (Å²) in [6, 6.07) is 10.8. The highest BCUT2D eigenvalue weighted by Crippen LogP contribution is 2.25. The van der Waals surface area contributed by atoms with Crippen molar-refractivity contribution in [3.05, 3.63) is 60.2 Å². The third kappa shape index (κ3) is 3.60. The minimum atomic E-state index is -0.738. The van der Waals surface area contributed by atoms with Crippen LogP contribution in [0.4, 0.5) is 25.0 Å². The molecule has 25 heavy (non-hydrogen) atoms. The molecule has 2 atom stereocenters. The average molecular weight is 345 g/mol. The molecule has 1 heterocycles. The summed E-state index contributed by atoms with van der Waals surface area (Å²) < 4.78 is 26.8. The molecule has 1 fully saturated rings. The van der Waals surface area contributed by atoms with Gasteiger partial charge >= 0.3 is 6.03 Å². The van der Waals surface area contributed by atoms with E-state index in [1.165, 1.54) is 0 Å². The van der Waals surface area contributed by atoms with Crippen LogP contribution in [0.25, 0.3) is 0 Å². The second-order valence-electron chi connectivity index (χ2n) is 5.90. The van der Waals surface area contributed by atoms with Crippen LogP contribution in [0.5, 0.6) is 0 Å². The lowest BCUT2D eigenvalue weighted by atomic mass is 10.1. The zero-order valence-corrected chi connectivity index (χ0v) is 13.5. The Morgan fingerprint density at radius 1 is 1.16 bits per heavy atom. The van der Waals surface area contributed by atoms with E-state index in [9.17, 15) is 18.4 Å². The minimum absolute atomic E-state index is 0.103. The molecule has 7 heteroatoms. The first kappa shape index (κ1) is 16.9. The molecule has 0 spiro atoms. The van der Waals surface area contributed by atoms with Gasteiger partial charge in [-0.25, -0.2) is 13.6 Å². The predicted octanol–water partition coefficient (Wildman–Crippen LogP) is 3.14. The van der Waals surface area contributed by atoms with E-state index in [1.54, 1.807) is 11.8 Å². The Labute approximate surface area is 143 Å². The lowest BCUT2D eigenvalue weighted by Gasteiger charge is -2.17. The number of hydrogen-bond donors (Lipinski definition) is 2. The second-order valence-corrected chi connectivity index (χ2v) is 5.90. The molecule has 2 aromatic carbocycles. The van der Waals surface area contributed by atoms with Gasteiger partial charge in [0.05, 0.1) is 17.6 Å². The SMILES string of the molecule is CC1C(=O)N(c2ccccc2)CC1NC(=O)Nc1cc(F)ccc1F. The summed E-state index contributed by atoms with van der Waals surface area (Å²) in [5, 5.41) is 4.93.